The molecule has 3 aromatic carbocycles. The fraction of sp³-hybridized carbons (Fsp3) is 0.0500. The zero-order chi connectivity index (χ0) is 15.8. The van der Waals surface area contributed by atoms with E-state index < -0.39 is 0 Å². The van der Waals surface area contributed by atoms with Gasteiger partial charge in [-0.3, -0.25) is 0 Å². The average molecular weight is 300 g/mol. The molecule has 0 saturated carbocycles. The number of nitrogens with one attached hydrogen (secondary N) is 1. The minimum absolute atomic E-state index is 0.772. The van der Waals surface area contributed by atoms with Crippen LogP contribution in [0.3, 0.4) is 0 Å². The minimum atomic E-state index is 0.772. The number of hydrogen-bond acceptors (Lipinski definition) is 2. The molecule has 112 valence electrons. The molecule has 0 saturated heterocycles. The number of pyridine rings is 1. The van der Waals surface area contributed by atoms with E-state index in [4.69, 9.17) is 5.73 Å². The molecular weight excluding hydrogens is 282 g/mol. The summed E-state index contributed by atoms with van der Waals surface area (Å²) < 4.78 is 2.19. The predicted octanol–water partition coefficient (Wildman–Crippen LogP) is 4.14. The van der Waals surface area contributed by atoms with Crippen LogP contribution in [0.25, 0.3) is 21.8 Å². The third-order valence-corrected chi connectivity index (χ3v) is 4.23. The van der Waals surface area contributed by atoms with E-state index in [1.165, 1.54) is 10.9 Å². The SMILES string of the molecule is C[n+]1c2ccccc2c(Nc2ccccc2)c2ccc(N)cc21. The third kappa shape index (κ3) is 2.27. The van der Waals surface area contributed by atoms with Crippen LogP contribution < -0.4 is 15.6 Å². The Bertz CT molecular complexity index is 1010. The molecule has 3 heteroatoms. The zero-order valence-corrected chi connectivity index (χ0v) is 13.0. The van der Waals surface area contributed by atoms with Crippen molar-refractivity contribution in [2.45, 2.75) is 0 Å². The molecule has 4 aromatic rings. The van der Waals surface area contributed by atoms with Gasteiger partial charge in [0.2, 0.25) is 11.0 Å². The maximum absolute atomic E-state index is 6.01. The van der Waals surface area contributed by atoms with Gasteiger partial charge in [0, 0.05) is 23.5 Å². The summed E-state index contributed by atoms with van der Waals surface area (Å²) in [4.78, 5) is 0. The first-order valence-electron chi connectivity index (χ1n) is 7.66. The molecule has 0 aliphatic heterocycles. The number of nitrogens with zero attached hydrogens (tertiary/aromatic N) is 1. The van der Waals surface area contributed by atoms with Crippen molar-refractivity contribution >= 4 is 38.9 Å². The van der Waals surface area contributed by atoms with Crippen molar-refractivity contribution in [1.29, 1.82) is 0 Å². The van der Waals surface area contributed by atoms with E-state index in [2.05, 4.69) is 59.4 Å². The summed E-state index contributed by atoms with van der Waals surface area (Å²) in [7, 11) is 2.08. The molecule has 0 spiro atoms. The molecule has 0 fully saturated rings. The van der Waals surface area contributed by atoms with Crippen LogP contribution in [-0.2, 0) is 7.05 Å². The van der Waals surface area contributed by atoms with Crippen molar-refractivity contribution in [2.24, 2.45) is 7.05 Å². The number of rotatable bonds is 2. The molecule has 0 aliphatic rings. The maximum atomic E-state index is 6.01. The highest BCUT2D eigenvalue weighted by Crippen LogP contribution is 2.32. The molecule has 1 aromatic heterocycles. The quantitative estimate of drug-likeness (QED) is 0.332. The van der Waals surface area contributed by atoms with Crippen molar-refractivity contribution in [3.05, 3.63) is 72.8 Å². The summed E-state index contributed by atoms with van der Waals surface area (Å²) in [6.07, 6.45) is 0. The van der Waals surface area contributed by atoms with Crippen molar-refractivity contribution in [3.63, 3.8) is 0 Å². The summed E-state index contributed by atoms with van der Waals surface area (Å²) in [5.74, 6) is 0. The summed E-state index contributed by atoms with van der Waals surface area (Å²) in [6, 6.07) is 24.7. The van der Waals surface area contributed by atoms with E-state index in [1.807, 2.05) is 30.3 Å². The van der Waals surface area contributed by atoms with Gasteiger partial charge in [-0.25, -0.2) is 0 Å². The predicted molar refractivity (Wildman–Crippen MR) is 96.8 cm³/mol. The number of anilines is 3. The second-order valence-electron chi connectivity index (χ2n) is 5.72. The van der Waals surface area contributed by atoms with Crippen molar-refractivity contribution in [1.82, 2.24) is 0 Å². The Morgan fingerprint density at radius 1 is 0.783 bits per heavy atom. The second kappa shape index (κ2) is 5.29. The van der Waals surface area contributed by atoms with Crippen molar-refractivity contribution in [3.8, 4) is 0 Å². The van der Waals surface area contributed by atoms with E-state index in [0.717, 1.165) is 28.0 Å². The standard InChI is InChI=1S/C20H17N3/c1-23-18-10-6-5-9-16(18)20(22-15-7-3-2-4-8-15)17-12-11-14(21)13-19(17)23/h2-13H,1H3,(H2,21,22)/p+1. The van der Waals surface area contributed by atoms with Gasteiger partial charge in [-0.2, -0.15) is 4.57 Å². The van der Waals surface area contributed by atoms with E-state index in [1.54, 1.807) is 0 Å². The number of nitrogen functional groups attached to an aromatic ring is 1. The Labute approximate surface area is 135 Å². The van der Waals surface area contributed by atoms with Crippen LogP contribution in [0, 0.1) is 0 Å². The van der Waals surface area contributed by atoms with E-state index in [-0.39, 0.29) is 0 Å². The Morgan fingerprint density at radius 3 is 2.30 bits per heavy atom. The first-order valence-corrected chi connectivity index (χ1v) is 7.66. The van der Waals surface area contributed by atoms with Gasteiger partial charge in [0.25, 0.3) is 0 Å². The third-order valence-electron chi connectivity index (χ3n) is 4.23. The van der Waals surface area contributed by atoms with E-state index in [9.17, 15) is 0 Å². The van der Waals surface area contributed by atoms with Crippen LogP contribution in [0.4, 0.5) is 17.1 Å². The normalized spacial score (nSPS) is 11.0. The molecule has 1 heterocycles. The van der Waals surface area contributed by atoms with Gasteiger partial charge in [-0.05, 0) is 30.3 Å². The van der Waals surface area contributed by atoms with Crippen LogP contribution in [0.1, 0.15) is 0 Å². The molecule has 0 atom stereocenters. The Kier molecular flexibility index (Phi) is 3.12. The lowest BCUT2D eigenvalue weighted by atomic mass is 10.1. The monoisotopic (exact) mass is 300 g/mol. The molecule has 0 bridgehead atoms. The first kappa shape index (κ1) is 13.6. The summed E-state index contributed by atoms with van der Waals surface area (Å²) in [5, 5.41) is 5.93. The Hall–Kier alpha value is -3.07. The molecule has 4 rings (SSSR count). The van der Waals surface area contributed by atoms with Crippen molar-refractivity contribution < 1.29 is 4.57 Å². The molecule has 0 amide bonds. The van der Waals surface area contributed by atoms with Crippen molar-refractivity contribution in [2.75, 3.05) is 11.1 Å². The highest BCUT2D eigenvalue weighted by atomic mass is 15.0. The molecule has 0 radical (unpaired) electrons. The average Bonchev–Trinajstić information content (AvgIpc) is 2.59. The lowest BCUT2D eigenvalue weighted by Crippen LogP contribution is -2.30. The van der Waals surface area contributed by atoms with Gasteiger partial charge in [0.15, 0.2) is 0 Å². The van der Waals surface area contributed by atoms with Crippen LogP contribution in [-0.4, -0.2) is 0 Å². The topological polar surface area (TPSA) is 41.9 Å². The zero-order valence-electron chi connectivity index (χ0n) is 13.0. The molecule has 0 unspecified atom stereocenters. The fourth-order valence-corrected chi connectivity index (χ4v) is 3.09. The Balaban J connectivity index is 2.08. The smallest absolute Gasteiger partial charge is 0.216 e. The summed E-state index contributed by atoms with van der Waals surface area (Å²) >= 11 is 0. The van der Waals surface area contributed by atoms with E-state index in [0.29, 0.717) is 0 Å². The first-order chi connectivity index (χ1) is 11.2. The molecular formula is C20H18N3+. The number of aryl methyl sites for hydroxylation is 1. The number of nitrogens with two attached hydrogens (primary N) is 1. The molecule has 3 N–H and O–H groups in total. The number of fused-ring (bicyclic) bond motifs is 2. The highest BCUT2D eigenvalue weighted by Gasteiger charge is 2.17. The number of para-hydroxylation sites is 2. The van der Waals surface area contributed by atoms with Crippen LogP contribution in [0.5, 0.6) is 0 Å². The Morgan fingerprint density at radius 2 is 1.48 bits per heavy atom. The van der Waals surface area contributed by atoms with Crippen LogP contribution in [0.15, 0.2) is 72.8 Å². The highest BCUT2D eigenvalue weighted by molar-refractivity contribution is 6.06. The van der Waals surface area contributed by atoms with Gasteiger partial charge in [0.05, 0.1) is 16.5 Å². The summed E-state index contributed by atoms with van der Waals surface area (Å²) in [6.45, 7) is 0. The molecule has 0 aliphatic carbocycles. The lowest BCUT2D eigenvalue weighted by Gasteiger charge is -2.12. The molecule has 23 heavy (non-hydrogen) atoms. The van der Waals surface area contributed by atoms with Gasteiger partial charge < -0.3 is 11.1 Å². The van der Waals surface area contributed by atoms with Gasteiger partial charge in [0.1, 0.15) is 7.05 Å². The van der Waals surface area contributed by atoms with E-state index >= 15 is 0 Å². The second-order valence-corrected chi connectivity index (χ2v) is 5.72. The van der Waals surface area contributed by atoms with Gasteiger partial charge in [-0.1, -0.05) is 30.3 Å². The van der Waals surface area contributed by atoms with Crippen LogP contribution in [0.2, 0.25) is 0 Å². The number of aromatic nitrogens is 1. The lowest BCUT2D eigenvalue weighted by molar-refractivity contribution is -0.617. The number of benzene rings is 3. The minimum Gasteiger partial charge on any atom is -0.399 e. The fourth-order valence-electron chi connectivity index (χ4n) is 3.09. The van der Waals surface area contributed by atoms with Crippen LogP contribution >= 0.6 is 0 Å². The summed E-state index contributed by atoms with van der Waals surface area (Å²) in [5.41, 5.74) is 11.2. The molecule has 3 nitrogen and oxygen atoms in total. The van der Waals surface area contributed by atoms with Gasteiger partial charge >= 0.3 is 0 Å². The van der Waals surface area contributed by atoms with Gasteiger partial charge in [-0.15, -0.1) is 0 Å². The maximum Gasteiger partial charge on any atom is 0.216 e. The largest absolute Gasteiger partial charge is 0.399 e. The number of hydrogen-bond donors (Lipinski definition) is 2.